The number of rotatable bonds is 5. The molecular weight excluding hydrogens is 412 g/mol. The first-order valence-electron chi connectivity index (χ1n) is 10.3. The van der Waals surface area contributed by atoms with Crippen LogP contribution in [-0.2, 0) is 14.3 Å². The number of hydrogen-bond acceptors (Lipinski definition) is 6. The molecule has 0 amide bonds. The zero-order valence-corrected chi connectivity index (χ0v) is 18.2. The number of thioether (sulfide) groups is 1. The topological polar surface area (TPSA) is 65.0 Å². The van der Waals surface area contributed by atoms with Crippen molar-refractivity contribution in [1.29, 1.82) is 0 Å². The van der Waals surface area contributed by atoms with Gasteiger partial charge in [-0.1, -0.05) is 30.3 Å². The number of ether oxygens (including phenoxy) is 3. The summed E-state index contributed by atoms with van der Waals surface area (Å²) in [4.78, 5) is 15.0. The van der Waals surface area contributed by atoms with Crippen LogP contribution < -0.4 is 4.74 Å². The standard InChI is InChI=1S/C25H24O5S/c1-28-16-10-8-15(9-11-16)20-23(27)21-19(26)12-13-25(29-2)22(21)18(14-30-25)24(20)31-17-6-4-3-5-7-17/h3-12,18,20,24,26H,13-14H2,1-2H3. The zero-order valence-electron chi connectivity index (χ0n) is 17.4. The molecule has 0 saturated carbocycles. The number of Topliss-reactive ketones (excluding diaryl/α,β-unsaturated/α-hetero) is 1. The summed E-state index contributed by atoms with van der Waals surface area (Å²) in [6.45, 7) is 0.443. The molecule has 0 aromatic heterocycles. The van der Waals surface area contributed by atoms with Crippen LogP contribution in [0.2, 0.25) is 0 Å². The highest BCUT2D eigenvalue weighted by molar-refractivity contribution is 8.00. The zero-order chi connectivity index (χ0) is 21.6. The lowest BCUT2D eigenvalue weighted by atomic mass is 9.69. The van der Waals surface area contributed by atoms with Crippen molar-refractivity contribution in [2.24, 2.45) is 5.92 Å². The molecule has 0 spiro atoms. The Labute approximate surface area is 185 Å². The highest BCUT2D eigenvalue weighted by Crippen LogP contribution is 2.56. The minimum atomic E-state index is -0.970. The van der Waals surface area contributed by atoms with E-state index in [0.29, 0.717) is 18.6 Å². The van der Waals surface area contributed by atoms with Gasteiger partial charge in [0.05, 0.1) is 25.2 Å². The molecule has 1 aliphatic heterocycles. The van der Waals surface area contributed by atoms with Gasteiger partial charge >= 0.3 is 0 Å². The summed E-state index contributed by atoms with van der Waals surface area (Å²) in [6, 6.07) is 17.7. The average molecular weight is 437 g/mol. The highest BCUT2D eigenvalue weighted by atomic mass is 32.2. The lowest BCUT2D eigenvalue weighted by Crippen LogP contribution is -2.44. The summed E-state index contributed by atoms with van der Waals surface area (Å²) < 4.78 is 17.3. The molecule has 2 aliphatic carbocycles. The van der Waals surface area contributed by atoms with E-state index in [1.165, 1.54) is 0 Å². The summed E-state index contributed by atoms with van der Waals surface area (Å²) >= 11 is 1.68. The first-order chi connectivity index (χ1) is 15.1. The fourth-order valence-corrected chi connectivity index (χ4v) is 6.37. The lowest BCUT2D eigenvalue weighted by molar-refractivity contribution is -0.170. The summed E-state index contributed by atoms with van der Waals surface area (Å²) in [7, 11) is 3.22. The van der Waals surface area contributed by atoms with Crippen molar-refractivity contribution in [3.05, 3.63) is 83.1 Å². The molecule has 1 N–H and O–H groups in total. The average Bonchev–Trinajstić information content (AvgIpc) is 3.19. The molecule has 31 heavy (non-hydrogen) atoms. The van der Waals surface area contributed by atoms with E-state index >= 15 is 0 Å². The number of methoxy groups -OCH3 is 2. The van der Waals surface area contributed by atoms with Gasteiger partial charge in [-0.3, -0.25) is 4.79 Å². The van der Waals surface area contributed by atoms with Crippen LogP contribution in [0.15, 0.2) is 82.5 Å². The Morgan fingerprint density at radius 1 is 1.10 bits per heavy atom. The van der Waals surface area contributed by atoms with Crippen LogP contribution in [-0.4, -0.2) is 42.8 Å². The van der Waals surface area contributed by atoms with Gasteiger partial charge in [-0.05, 0) is 35.9 Å². The van der Waals surface area contributed by atoms with E-state index < -0.39 is 11.7 Å². The van der Waals surface area contributed by atoms with E-state index in [-0.39, 0.29) is 22.7 Å². The summed E-state index contributed by atoms with van der Waals surface area (Å²) in [5.74, 6) is -0.773. The fourth-order valence-electron chi connectivity index (χ4n) is 4.95. The summed E-state index contributed by atoms with van der Waals surface area (Å²) in [6.07, 6.45) is 2.03. The molecule has 5 nitrogen and oxygen atoms in total. The Hall–Kier alpha value is -2.54. The lowest BCUT2D eigenvalue weighted by Gasteiger charge is -2.41. The molecule has 6 heteroatoms. The summed E-state index contributed by atoms with van der Waals surface area (Å²) in [5.41, 5.74) is 2.05. The fraction of sp³-hybridized carbons (Fsp3) is 0.320. The molecule has 0 bridgehead atoms. The van der Waals surface area contributed by atoms with Crippen LogP contribution in [0.3, 0.4) is 0 Å². The van der Waals surface area contributed by atoms with E-state index in [9.17, 15) is 9.90 Å². The van der Waals surface area contributed by atoms with Gasteiger partial charge in [-0.2, -0.15) is 0 Å². The summed E-state index contributed by atoms with van der Waals surface area (Å²) in [5, 5.41) is 10.6. The van der Waals surface area contributed by atoms with E-state index in [2.05, 4.69) is 12.1 Å². The van der Waals surface area contributed by atoms with Gasteiger partial charge in [0.1, 0.15) is 11.5 Å². The Balaban J connectivity index is 1.66. The smallest absolute Gasteiger partial charge is 0.195 e. The highest BCUT2D eigenvalue weighted by Gasteiger charge is 2.58. The van der Waals surface area contributed by atoms with E-state index in [4.69, 9.17) is 14.2 Å². The minimum absolute atomic E-state index is 0.0323. The molecule has 5 rings (SSSR count). The van der Waals surface area contributed by atoms with Crippen molar-refractivity contribution < 1.29 is 24.1 Å². The van der Waals surface area contributed by atoms with Crippen LogP contribution >= 0.6 is 11.8 Å². The van der Waals surface area contributed by atoms with Crippen LogP contribution in [0.4, 0.5) is 0 Å². The van der Waals surface area contributed by atoms with Crippen molar-refractivity contribution in [3.63, 3.8) is 0 Å². The van der Waals surface area contributed by atoms with Crippen molar-refractivity contribution in [2.45, 2.75) is 28.3 Å². The van der Waals surface area contributed by atoms with Crippen molar-refractivity contribution in [2.75, 3.05) is 20.8 Å². The van der Waals surface area contributed by atoms with Gasteiger partial charge in [0, 0.05) is 35.2 Å². The Morgan fingerprint density at radius 2 is 1.84 bits per heavy atom. The van der Waals surface area contributed by atoms with Gasteiger partial charge in [0.2, 0.25) is 0 Å². The second-order valence-corrected chi connectivity index (χ2v) is 9.22. The number of allylic oxidation sites excluding steroid dienone is 1. The molecule has 160 valence electrons. The Morgan fingerprint density at radius 3 is 2.52 bits per heavy atom. The SMILES string of the molecule is COc1ccc(C2C(=O)C3=C4C(COC4(OC)CC=C3O)C2Sc2ccccc2)cc1. The molecule has 1 fully saturated rings. The predicted octanol–water partition coefficient (Wildman–Crippen LogP) is 4.65. The quantitative estimate of drug-likeness (QED) is 0.736. The normalized spacial score (nSPS) is 29.5. The first kappa shape index (κ1) is 20.4. The number of ketones is 1. The van der Waals surface area contributed by atoms with E-state index in [0.717, 1.165) is 21.8 Å². The Kier molecular flexibility index (Phi) is 5.16. The van der Waals surface area contributed by atoms with Crippen molar-refractivity contribution >= 4 is 17.5 Å². The second kappa shape index (κ2) is 7.86. The number of carbonyl (C=O) groups is 1. The van der Waals surface area contributed by atoms with Crippen molar-refractivity contribution in [1.82, 2.24) is 0 Å². The van der Waals surface area contributed by atoms with Crippen LogP contribution in [0.25, 0.3) is 0 Å². The largest absolute Gasteiger partial charge is 0.508 e. The third kappa shape index (κ3) is 3.21. The van der Waals surface area contributed by atoms with Gasteiger partial charge in [-0.25, -0.2) is 0 Å². The van der Waals surface area contributed by atoms with Crippen LogP contribution in [0.5, 0.6) is 5.75 Å². The van der Waals surface area contributed by atoms with Gasteiger partial charge in [-0.15, -0.1) is 11.8 Å². The third-order valence-corrected chi connectivity index (χ3v) is 7.86. The Bertz CT molecular complexity index is 1060. The second-order valence-electron chi connectivity index (χ2n) is 7.97. The minimum Gasteiger partial charge on any atom is -0.508 e. The third-order valence-electron chi connectivity index (χ3n) is 6.44. The molecule has 1 saturated heterocycles. The van der Waals surface area contributed by atoms with Gasteiger partial charge in [0.25, 0.3) is 0 Å². The molecule has 1 heterocycles. The maximum absolute atomic E-state index is 13.9. The molecule has 4 atom stereocenters. The number of aliphatic hydroxyl groups is 1. The number of benzene rings is 2. The predicted molar refractivity (Wildman–Crippen MR) is 118 cm³/mol. The van der Waals surface area contributed by atoms with Crippen LogP contribution in [0, 0.1) is 5.92 Å². The molecule has 3 aliphatic rings. The van der Waals surface area contributed by atoms with Crippen molar-refractivity contribution in [3.8, 4) is 5.75 Å². The van der Waals surface area contributed by atoms with Crippen LogP contribution in [0.1, 0.15) is 17.9 Å². The van der Waals surface area contributed by atoms with Gasteiger partial charge < -0.3 is 19.3 Å². The number of hydrogen-bond donors (Lipinski definition) is 1. The molecular formula is C25H24O5S. The van der Waals surface area contributed by atoms with E-state index in [1.807, 2.05) is 42.5 Å². The maximum Gasteiger partial charge on any atom is 0.195 e. The number of carbonyl (C=O) groups excluding carboxylic acids is 1. The van der Waals surface area contributed by atoms with Gasteiger partial charge in [0.15, 0.2) is 11.6 Å². The monoisotopic (exact) mass is 436 g/mol. The molecule has 4 unspecified atom stereocenters. The molecule has 2 aromatic rings. The maximum atomic E-state index is 13.9. The number of aliphatic hydroxyl groups excluding tert-OH is 1. The molecule has 2 aromatic carbocycles. The first-order valence-corrected chi connectivity index (χ1v) is 11.2. The van der Waals surface area contributed by atoms with E-state index in [1.54, 1.807) is 32.1 Å². The molecule has 0 radical (unpaired) electrons.